The highest BCUT2D eigenvalue weighted by atomic mass is 32.2. The van der Waals surface area contributed by atoms with E-state index in [2.05, 4.69) is 5.32 Å². The molecule has 0 fully saturated rings. The molecule has 0 unspecified atom stereocenters. The van der Waals surface area contributed by atoms with Gasteiger partial charge in [0, 0.05) is 24.1 Å². The van der Waals surface area contributed by atoms with Crippen LogP contribution < -0.4 is 9.62 Å². The summed E-state index contributed by atoms with van der Waals surface area (Å²) in [6.45, 7) is 4.27. The lowest BCUT2D eigenvalue weighted by Gasteiger charge is -2.35. The quantitative estimate of drug-likeness (QED) is 0.403. The first-order valence-corrected chi connectivity index (χ1v) is 14.2. The van der Waals surface area contributed by atoms with E-state index in [0.29, 0.717) is 4.31 Å². The molecule has 3 rings (SSSR count). The van der Waals surface area contributed by atoms with Crippen molar-refractivity contribution in [1.29, 1.82) is 0 Å². The Hall–Kier alpha value is -3.79. The van der Waals surface area contributed by atoms with Gasteiger partial charge in [-0.1, -0.05) is 60.7 Å². The number of benzene rings is 3. The number of nitrogens with one attached hydrogen (secondary N) is 1. The van der Waals surface area contributed by atoms with Crippen LogP contribution in [0.1, 0.15) is 31.9 Å². The Bertz CT molecular complexity index is 1410. The number of carbonyl (C=O) groups is 2. The van der Waals surface area contributed by atoms with E-state index in [0.717, 1.165) is 22.8 Å². The molecular weight excluding hydrogens is 524 g/mol. The second-order valence-corrected chi connectivity index (χ2v) is 12.2. The van der Waals surface area contributed by atoms with Gasteiger partial charge in [0.1, 0.15) is 24.2 Å². The van der Waals surface area contributed by atoms with Gasteiger partial charge in [-0.25, -0.2) is 17.2 Å². The molecule has 7 nitrogen and oxygen atoms in total. The fourth-order valence-corrected chi connectivity index (χ4v) is 4.92. The van der Waals surface area contributed by atoms with Crippen molar-refractivity contribution in [3.8, 4) is 0 Å². The van der Waals surface area contributed by atoms with Crippen LogP contribution in [0.25, 0.3) is 0 Å². The predicted molar refractivity (Wildman–Crippen MR) is 147 cm³/mol. The van der Waals surface area contributed by atoms with Gasteiger partial charge >= 0.3 is 0 Å². The molecule has 0 aliphatic rings. The second-order valence-electron chi connectivity index (χ2n) is 10.3. The summed E-state index contributed by atoms with van der Waals surface area (Å²) in [4.78, 5) is 28.7. The van der Waals surface area contributed by atoms with E-state index in [1.165, 1.54) is 36.4 Å². The molecule has 0 radical (unpaired) electrons. The largest absolute Gasteiger partial charge is 0.350 e. The van der Waals surface area contributed by atoms with Crippen LogP contribution in [0, 0.1) is 11.6 Å². The van der Waals surface area contributed by atoms with Crippen molar-refractivity contribution in [1.82, 2.24) is 10.2 Å². The molecule has 0 saturated heterocycles. The normalized spacial score (nSPS) is 12.5. The first-order chi connectivity index (χ1) is 18.3. The SMILES string of the molecule is CC(C)(C)NC(=O)[C@H](Cc1ccccc1)N(Cc1ccccc1F)C(=O)CN(c1ccccc1F)S(C)(=O)=O. The summed E-state index contributed by atoms with van der Waals surface area (Å²) in [7, 11) is -4.11. The number of hydrogen-bond donors (Lipinski definition) is 1. The highest BCUT2D eigenvalue weighted by Gasteiger charge is 2.35. The van der Waals surface area contributed by atoms with Crippen LogP contribution >= 0.6 is 0 Å². The zero-order valence-electron chi connectivity index (χ0n) is 22.4. The van der Waals surface area contributed by atoms with Gasteiger partial charge in [-0.3, -0.25) is 13.9 Å². The number of nitrogens with zero attached hydrogens (tertiary/aromatic N) is 2. The van der Waals surface area contributed by atoms with Gasteiger partial charge in [-0.05, 0) is 44.5 Å². The molecular formula is C29H33F2N3O4S. The Morgan fingerprint density at radius 3 is 2.00 bits per heavy atom. The Morgan fingerprint density at radius 1 is 0.872 bits per heavy atom. The molecule has 0 heterocycles. The van der Waals surface area contributed by atoms with E-state index in [-0.39, 0.29) is 24.2 Å². The highest BCUT2D eigenvalue weighted by molar-refractivity contribution is 7.92. The molecule has 3 aromatic carbocycles. The number of hydrogen-bond acceptors (Lipinski definition) is 4. The average Bonchev–Trinajstić information content (AvgIpc) is 2.85. The Balaban J connectivity index is 2.10. The van der Waals surface area contributed by atoms with Gasteiger partial charge in [0.05, 0.1) is 11.9 Å². The van der Waals surface area contributed by atoms with Crippen LogP contribution in [-0.2, 0) is 32.6 Å². The molecule has 10 heteroatoms. The summed E-state index contributed by atoms with van der Waals surface area (Å²) in [5.41, 5.74) is -0.0702. The van der Waals surface area contributed by atoms with Gasteiger partial charge < -0.3 is 10.2 Å². The Kier molecular flexibility index (Phi) is 9.45. The third kappa shape index (κ3) is 8.35. The average molecular weight is 558 g/mol. The summed E-state index contributed by atoms with van der Waals surface area (Å²) in [6, 6.07) is 18.9. The van der Waals surface area contributed by atoms with Crippen molar-refractivity contribution in [2.75, 3.05) is 17.1 Å². The summed E-state index contributed by atoms with van der Waals surface area (Å²) in [5, 5.41) is 2.88. The van der Waals surface area contributed by atoms with E-state index in [1.807, 2.05) is 6.07 Å². The number of anilines is 1. The first kappa shape index (κ1) is 29.8. The number of carbonyl (C=O) groups excluding carboxylic acids is 2. The lowest BCUT2D eigenvalue weighted by atomic mass is 10.0. The number of para-hydroxylation sites is 1. The Labute approximate surface area is 228 Å². The molecule has 208 valence electrons. The number of sulfonamides is 1. The van der Waals surface area contributed by atoms with Gasteiger partial charge in [0.15, 0.2) is 0 Å². The second kappa shape index (κ2) is 12.4. The zero-order valence-corrected chi connectivity index (χ0v) is 23.2. The molecule has 0 aromatic heterocycles. The van der Waals surface area contributed by atoms with E-state index in [9.17, 15) is 26.8 Å². The molecule has 39 heavy (non-hydrogen) atoms. The van der Waals surface area contributed by atoms with Crippen molar-refractivity contribution in [3.05, 3.63) is 102 Å². The molecule has 0 bridgehead atoms. The van der Waals surface area contributed by atoms with Gasteiger partial charge in [0.25, 0.3) is 0 Å². The van der Waals surface area contributed by atoms with Gasteiger partial charge in [-0.15, -0.1) is 0 Å². The maximum atomic E-state index is 14.8. The van der Waals surface area contributed by atoms with Crippen LogP contribution in [0.2, 0.25) is 0 Å². The van der Waals surface area contributed by atoms with Gasteiger partial charge in [0.2, 0.25) is 21.8 Å². The summed E-state index contributed by atoms with van der Waals surface area (Å²) in [6.07, 6.45) is 0.948. The fraction of sp³-hybridized carbons (Fsp3) is 0.310. The van der Waals surface area contributed by atoms with Gasteiger partial charge in [-0.2, -0.15) is 0 Å². The molecule has 0 aliphatic heterocycles. The third-order valence-corrected chi connectivity index (χ3v) is 6.99. The zero-order chi connectivity index (χ0) is 28.8. The van der Waals surface area contributed by atoms with E-state index < -0.39 is 51.6 Å². The van der Waals surface area contributed by atoms with Crippen LogP contribution in [0.5, 0.6) is 0 Å². The molecule has 2 amide bonds. The molecule has 0 aliphatic carbocycles. The van der Waals surface area contributed by atoms with Crippen LogP contribution in [0.15, 0.2) is 78.9 Å². The monoisotopic (exact) mass is 557 g/mol. The van der Waals surface area contributed by atoms with Crippen LogP contribution in [-0.4, -0.2) is 49.5 Å². The molecule has 1 N–H and O–H groups in total. The van der Waals surface area contributed by atoms with Crippen LogP contribution in [0.4, 0.5) is 14.5 Å². The molecule has 1 atom stereocenters. The number of amides is 2. The third-order valence-electron chi connectivity index (χ3n) is 5.87. The summed E-state index contributed by atoms with van der Waals surface area (Å²) in [5.74, 6) is -2.70. The van der Waals surface area contributed by atoms with E-state index in [4.69, 9.17) is 0 Å². The topological polar surface area (TPSA) is 86.8 Å². The predicted octanol–water partition coefficient (Wildman–Crippen LogP) is 4.29. The number of rotatable bonds is 10. The lowest BCUT2D eigenvalue weighted by Crippen LogP contribution is -2.56. The van der Waals surface area contributed by atoms with E-state index in [1.54, 1.807) is 51.1 Å². The maximum Gasteiger partial charge on any atom is 0.244 e. The number of halogens is 2. The summed E-state index contributed by atoms with van der Waals surface area (Å²) < 4.78 is 55.4. The van der Waals surface area contributed by atoms with E-state index >= 15 is 0 Å². The standard InChI is InChI=1S/C29H33F2N3O4S/c1-29(2,3)32-28(36)26(18-21-12-6-5-7-13-21)33(19-22-14-8-9-15-23(22)30)27(35)20-34(39(4,37)38)25-17-11-10-16-24(25)31/h5-17,26H,18-20H2,1-4H3,(H,32,36)/t26-/m0/s1. The van der Waals surface area contributed by atoms with Crippen molar-refractivity contribution >= 4 is 27.5 Å². The van der Waals surface area contributed by atoms with Crippen molar-refractivity contribution in [2.24, 2.45) is 0 Å². The minimum absolute atomic E-state index is 0.0848. The van der Waals surface area contributed by atoms with Crippen molar-refractivity contribution in [3.63, 3.8) is 0 Å². The Morgan fingerprint density at radius 2 is 1.44 bits per heavy atom. The smallest absolute Gasteiger partial charge is 0.244 e. The maximum absolute atomic E-state index is 14.8. The first-order valence-electron chi connectivity index (χ1n) is 12.4. The van der Waals surface area contributed by atoms with Crippen molar-refractivity contribution < 1.29 is 26.8 Å². The molecule has 3 aromatic rings. The fourth-order valence-electron chi connectivity index (χ4n) is 4.07. The highest BCUT2D eigenvalue weighted by Crippen LogP contribution is 2.23. The summed E-state index contributed by atoms with van der Waals surface area (Å²) >= 11 is 0. The lowest BCUT2D eigenvalue weighted by molar-refractivity contribution is -0.140. The molecule has 0 saturated carbocycles. The van der Waals surface area contributed by atoms with Crippen molar-refractivity contribution in [2.45, 2.75) is 45.3 Å². The minimum atomic E-state index is -4.11. The van der Waals surface area contributed by atoms with Crippen LogP contribution in [0.3, 0.4) is 0 Å². The molecule has 0 spiro atoms. The minimum Gasteiger partial charge on any atom is -0.350 e.